The Kier molecular flexibility index (Phi) is 4.85. The molecule has 0 amide bonds. The van der Waals surface area contributed by atoms with Gasteiger partial charge in [-0.1, -0.05) is 25.1 Å². The van der Waals surface area contributed by atoms with Gasteiger partial charge in [0.05, 0.1) is 6.04 Å². The molecule has 0 radical (unpaired) electrons. The van der Waals surface area contributed by atoms with E-state index < -0.39 is 0 Å². The number of hydrogen-bond donors (Lipinski definition) is 1. The highest BCUT2D eigenvalue weighted by atomic mass is 15.0. The summed E-state index contributed by atoms with van der Waals surface area (Å²) in [6.45, 7) is 9.44. The van der Waals surface area contributed by atoms with Gasteiger partial charge in [-0.25, -0.2) is 9.97 Å². The third kappa shape index (κ3) is 3.23. The smallest absolute Gasteiger partial charge is 0.149 e. The maximum Gasteiger partial charge on any atom is 0.149 e. The lowest BCUT2D eigenvalue weighted by molar-refractivity contribution is 0.568. The molecule has 0 spiro atoms. The summed E-state index contributed by atoms with van der Waals surface area (Å²) in [6.07, 6.45) is 4.86. The Morgan fingerprint density at radius 3 is 2.45 bits per heavy atom. The van der Waals surface area contributed by atoms with Gasteiger partial charge in [-0.3, -0.25) is 0 Å². The van der Waals surface area contributed by atoms with E-state index in [0.29, 0.717) is 0 Å². The van der Waals surface area contributed by atoms with E-state index in [1.165, 1.54) is 16.7 Å². The number of nitrogens with zero attached hydrogens (tertiary/aromatic N) is 2. The second-order valence-electron chi connectivity index (χ2n) is 5.29. The predicted molar refractivity (Wildman–Crippen MR) is 82.8 cm³/mol. The molecule has 0 fully saturated rings. The molecule has 0 saturated heterocycles. The normalized spacial score (nSPS) is 12.4. The molecular weight excluding hydrogens is 246 g/mol. The van der Waals surface area contributed by atoms with Crippen LogP contribution >= 0.6 is 0 Å². The monoisotopic (exact) mass is 269 g/mol. The molecular formula is C17H23N3. The predicted octanol–water partition coefficient (Wildman–Crippen LogP) is 3.49. The lowest BCUT2D eigenvalue weighted by Crippen LogP contribution is -2.26. The molecule has 1 heterocycles. The quantitative estimate of drug-likeness (QED) is 0.903. The standard InChI is InChI=1S/C17H23N3/c1-5-9-18-16(17-19-10-12(2)11-20-17)15-8-6-7-13(3)14(15)4/h6-8,10-11,16,18H,5,9H2,1-4H3. The zero-order chi connectivity index (χ0) is 14.5. The number of hydrogen-bond acceptors (Lipinski definition) is 3. The Morgan fingerprint density at radius 1 is 1.10 bits per heavy atom. The van der Waals surface area contributed by atoms with Gasteiger partial charge >= 0.3 is 0 Å². The number of aryl methyl sites for hydroxylation is 2. The van der Waals surface area contributed by atoms with E-state index in [1.807, 2.05) is 19.3 Å². The Bertz CT molecular complexity index is 561. The van der Waals surface area contributed by atoms with E-state index in [9.17, 15) is 0 Å². The molecule has 1 atom stereocenters. The summed E-state index contributed by atoms with van der Waals surface area (Å²) in [5, 5.41) is 3.56. The molecule has 2 aromatic rings. The van der Waals surface area contributed by atoms with Crippen LogP contribution in [-0.4, -0.2) is 16.5 Å². The molecule has 1 aromatic carbocycles. The molecule has 0 aliphatic rings. The molecule has 0 bridgehead atoms. The fraction of sp³-hybridized carbons (Fsp3) is 0.412. The minimum atomic E-state index is 0.0652. The molecule has 106 valence electrons. The highest BCUT2D eigenvalue weighted by molar-refractivity contribution is 5.38. The van der Waals surface area contributed by atoms with Crippen LogP contribution in [0.3, 0.4) is 0 Å². The van der Waals surface area contributed by atoms with Crippen molar-refractivity contribution in [1.29, 1.82) is 0 Å². The molecule has 20 heavy (non-hydrogen) atoms. The van der Waals surface area contributed by atoms with Crippen LogP contribution < -0.4 is 5.32 Å². The van der Waals surface area contributed by atoms with Gasteiger partial charge in [0.15, 0.2) is 0 Å². The first kappa shape index (κ1) is 14.7. The zero-order valence-corrected chi connectivity index (χ0v) is 12.8. The highest BCUT2D eigenvalue weighted by Crippen LogP contribution is 2.24. The van der Waals surface area contributed by atoms with Crippen molar-refractivity contribution in [1.82, 2.24) is 15.3 Å². The van der Waals surface area contributed by atoms with Gasteiger partial charge in [0.2, 0.25) is 0 Å². The van der Waals surface area contributed by atoms with Crippen molar-refractivity contribution in [3.05, 3.63) is 58.7 Å². The third-order valence-corrected chi connectivity index (χ3v) is 3.62. The van der Waals surface area contributed by atoms with E-state index in [4.69, 9.17) is 0 Å². The fourth-order valence-electron chi connectivity index (χ4n) is 2.27. The number of benzene rings is 1. The Morgan fingerprint density at radius 2 is 1.80 bits per heavy atom. The lowest BCUT2D eigenvalue weighted by atomic mass is 9.96. The van der Waals surface area contributed by atoms with Crippen LogP contribution in [0.1, 0.15) is 47.5 Å². The Labute approximate surface area is 121 Å². The van der Waals surface area contributed by atoms with Crippen molar-refractivity contribution in [2.45, 2.75) is 40.2 Å². The van der Waals surface area contributed by atoms with Crippen LogP contribution in [-0.2, 0) is 0 Å². The molecule has 0 aliphatic carbocycles. The summed E-state index contributed by atoms with van der Waals surface area (Å²) in [4.78, 5) is 9.01. The van der Waals surface area contributed by atoms with E-state index in [0.717, 1.165) is 24.4 Å². The molecule has 1 aromatic heterocycles. The SMILES string of the molecule is CCCNC(c1ncc(C)cn1)c1cccc(C)c1C. The summed E-state index contributed by atoms with van der Waals surface area (Å²) in [5.74, 6) is 0.845. The van der Waals surface area contributed by atoms with Crippen molar-refractivity contribution >= 4 is 0 Å². The molecule has 0 aliphatic heterocycles. The van der Waals surface area contributed by atoms with Crippen LogP contribution in [0.15, 0.2) is 30.6 Å². The van der Waals surface area contributed by atoms with Crippen molar-refractivity contribution in [2.24, 2.45) is 0 Å². The van der Waals surface area contributed by atoms with Crippen LogP contribution in [0.4, 0.5) is 0 Å². The molecule has 1 N–H and O–H groups in total. The first-order valence-electron chi connectivity index (χ1n) is 7.21. The summed E-state index contributed by atoms with van der Waals surface area (Å²) < 4.78 is 0. The molecule has 3 nitrogen and oxygen atoms in total. The molecule has 3 heteroatoms. The maximum atomic E-state index is 4.51. The number of aromatic nitrogens is 2. The third-order valence-electron chi connectivity index (χ3n) is 3.62. The average molecular weight is 269 g/mol. The first-order valence-corrected chi connectivity index (χ1v) is 7.21. The summed E-state index contributed by atoms with van der Waals surface area (Å²) in [6, 6.07) is 6.48. The van der Waals surface area contributed by atoms with Crippen LogP contribution in [0.2, 0.25) is 0 Å². The van der Waals surface area contributed by atoms with E-state index >= 15 is 0 Å². The fourth-order valence-corrected chi connectivity index (χ4v) is 2.27. The summed E-state index contributed by atoms with van der Waals surface area (Å²) in [5.41, 5.74) is 4.97. The van der Waals surface area contributed by atoms with Gasteiger partial charge in [0.1, 0.15) is 5.82 Å². The first-order chi connectivity index (χ1) is 9.63. The van der Waals surface area contributed by atoms with Crippen molar-refractivity contribution in [3.63, 3.8) is 0 Å². The van der Waals surface area contributed by atoms with Gasteiger partial charge < -0.3 is 5.32 Å². The van der Waals surface area contributed by atoms with Crippen LogP contribution in [0, 0.1) is 20.8 Å². The zero-order valence-electron chi connectivity index (χ0n) is 12.8. The van der Waals surface area contributed by atoms with Gasteiger partial charge in [-0.05, 0) is 56.0 Å². The van der Waals surface area contributed by atoms with E-state index in [1.54, 1.807) is 0 Å². The van der Waals surface area contributed by atoms with Gasteiger partial charge in [-0.15, -0.1) is 0 Å². The minimum Gasteiger partial charge on any atom is -0.304 e. The second-order valence-corrected chi connectivity index (χ2v) is 5.29. The Balaban J connectivity index is 2.41. The Hall–Kier alpha value is -1.74. The van der Waals surface area contributed by atoms with Gasteiger partial charge in [0.25, 0.3) is 0 Å². The molecule has 1 unspecified atom stereocenters. The van der Waals surface area contributed by atoms with Crippen molar-refractivity contribution in [3.8, 4) is 0 Å². The van der Waals surface area contributed by atoms with Crippen molar-refractivity contribution < 1.29 is 0 Å². The van der Waals surface area contributed by atoms with Crippen molar-refractivity contribution in [2.75, 3.05) is 6.54 Å². The topological polar surface area (TPSA) is 37.8 Å². The van der Waals surface area contributed by atoms with E-state index in [-0.39, 0.29) is 6.04 Å². The van der Waals surface area contributed by atoms with Gasteiger partial charge in [0, 0.05) is 12.4 Å². The molecule has 2 rings (SSSR count). The molecule has 0 saturated carbocycles. The largest absolute Gasteiger partial charge is 0.304 e. The van der Waals surface area contributed by atoms with Gasteiger partial charge in [-0.2, -0.15) is 0 Å². The van der Waals surface area contributed by atoms with Crippen LogP contribution in [0.5, 0.6) is 0 Å². The minimum absolute atomic E-state index is 0.0652. The lowest BCUT2D eigenvalue weighted by Gasteiger charge is -2.20. The summed E-state index contributed by atoms with van der Waals surface area (Å²) in [7, 11) is 0. The number of rotatable bonds is 5. The van der Waals surface area contributed by atoms with Crippen LogP contribution in [0.25, 0.3) is 0 Å². The second kappa shape index (κ2) is 6.62. The average Bonchev–Trinajstić information content (AvgIpc) is 2.45. The highest BCUT2D eigenvalue weighted by Gasteiger charge is 2.18. The summed E-state index contributed by atoms with van der Waals surface area (Å²) >= 11 is 0. The number of nitrogens with one attached hydrogen (secondary N) is 1. The van der Waals surface area contributed by atoms with E-state index in [2.05, 4.69) is 54.3 Å². The maximum absolute atomic E-state index is 4.51.